The van der Waals surface area contributed by atoms with E-state index >= 15 is 0 Å². The van der Waals surface area contributed by atoms with Crippen LogP contribution in [0.4, 0.5) is 27.6 Å². The molecule has 0 saturated carbocycles. The maximum Gasteiger partial charge on any atom is 0.499 e. The van der Waals surface area contributed by atoms with Gasteiger partial charge in [-0.1, -0.05) is 0 Å². The molecule has 166 valence electrons. The zero-order chi connectivity index (χ0) is 23.1. The summed E-state index contributed by atoms with van der Waals surface area (Å²) in [4.78, 5) is 40.5. The Morgan fingerprint density at radius 1 is 1.06 bits per heavy atom. The molecule has 1 aromatic carbocycles. The Kier molecular flexibility index (Phi) is 5.33. The van der Waals surface area contributed by atoms with Crippen LogP contribution in [0.15, 0.2) is 40.2 Å². The Bertz CT molecular complexity index is 1260. The van der Waals surface area contributed by atoms with Crippen LogP contribution in [-0.2, 0) is 25.4 Å². The zero-order valence-corrected chi connectivity index (χ0v) is 15.9. The second kappa shape index (κ2) is 7.52. The quantitative estimate of drug-likeness (QED) is 0.599. The highest BCUT2D eigenvalue weighted by atomic mass is 19.4. The van der Waals surface area contributed by atoms with E-state index in [9.17, 15) is 36.3 Å². The molecule has 1 N–H and O–H groups in total. The van der Waals surface area contributed by atoms with Gasteiger partial charge in [0, 0.05) is 19.8 Å². The Balaban J connectivity index is 1.75. The number of halogens is 5. The predicted molar refractivity (Wildman–Crippen MR) is 96.9 cm³/mol. The number of benzene rings is 1. The van der Waals surface area contributed by atoms with Gasteiger partial charge >= 0.3 is 18.0 Å². The minimum Gasteiger partial charge on any atom is -0.426 e. The maximum atomic E-state index is 12.9. The van der Waals surface area contributed by atoms with Crippen molar-refractivity contribution in [2.45, 2.75) is 18.8 Å². The van der Waals surface area contributed by atoms with Crippen molar-refractivity contribution in [1.82, 2.24) is 18.7 Å². The summed E-state index contributed by atoms with van der Waals surface area (Å²) in [6.45, 7) is -0.381. The van der Waals surface area contributed by atoms with Crippen molar-refractivity contribution in [3.8, 4) is 5.75 Å². The van der Waals surface area contributed by atoms with Crippen LogP contribution in [0.25, 0.3) is 11.2 Å². The lowest BCUT2D eigenvalue weighted by Gasteiger charge is -2.20. The smallest absolute Gasteiger partial charge is 0.426 e. The first-order valence-corrected chi connectivity index (χ1v) is 8.46. The molecule has 3 rings (SSSR count). The van der Waals surface area contributed by atoms with Crippen molar-refractivity contribution in [2.24, 2.45) is 14.1 Å². The molecule has 0 bridgehead atoms. The molecule has 9 nitrogen and oxygen atoms in total. The molecule has 0 aliphatic rings. The normalized spacial score (nSPS) is 12.2. The fourth-order valence-corrected chi connectivity index (χ4v) is 2.68. The number of aryl methyl sites for hydroxylation is 1. The number of fused-ring (bicyclic) bond motifs is 1. The number of rotatable bonds is 5. The summed E-state index contributed by atoms with van der Waals surface area (Å²) in [5, 5.41) is 2.40. The molecule has 0 radical (unpaired) electrons. The molecule has 14 heteroatoms. The van der Waals surface area contributed by atoms with E-state index in [4.69, 9.17) is 0 Å². The van der Waals surface area contributed by atoms with Crippen LogP contribution in [0.2, 0.25) is 0 Å². The van der Waals surface area contributed by atoms with Gasteiger partial charge in [-0.3, -0.25) is 18.7 Å². The highest BCUT2D eigenvalue weighted by molar-refractivity contribution is 5.91. The Labute approximate surface area is 169 Å². The van der Waals surface area contributed by atoms with Gasteiger partial charge in [0.05, 0.1) is 6.33 Å². The number of imidazole rings is 1. The monoisotopic (exact) mass is 447 g/mol. The van der Waals surface area contributed by atoms with Gasteiger partial charge < -0.3 is 14.6 Å². The molecular formula is C17H14F5N5O4. The topological polar surface area (TPSA) is 100 Å². The number of anilines is 1. The van der Waals surface area contributed by atoms with Gasteiger partial charge in [-0.05, 0) is 24.3 Å². The summed E-state index contributed by atoms with van der Waals surface area (Å²) in [7, 11) is 2.68. The number of hydrogen-bond acceptors (Lipinski definition) is 5. The average Bonchev–Trinajstić information content (AvgIpc) is 3.08. The molecule has 0 atom stereocenters. The van der Waals surface area contributed by atoms with E-state index in [2.05, 4.69) is 15.0 Å². The van der Waals surface area contributed by atoms with Gasteiger partial charge in [-0.2, -0.15) is 22.0 Å². The van der Waals surface area contributed by atoms with Crippen molar-refractivity contribution in [1.29, 1.82) is 0 Å². The molecule has 0 aliphatic carbocycles. The van der Waals surface area contributed by atoms with E-state index in [-0.39, 0.29) is 23.4 Å². The van der Waals surface area contributed by atoms with E-state index in [1.54, 1.807) is 0 Å². The molecule has 0 spiro atoms. The number of alkyl halides is 5. The third-order valence-electron chi connectivity index (χ3n) is 4.25. The van der Waals surface area contributed by atoms with Crippen LogP contribution in [-0.4, -0.2) is 36.9 Å². The van der Waals surface area contributed by atoms with Gasteiger partial charge in [0.15, 0.2) is 11.2 Å². The summed E-state index contributed by atoms with van der Waals surface area (Å²) in [5.74, 6) is -1.41. The molecule has 2 aromatic heterocycles. The van der Waals surface area contributed by atoms with Crippen molar-refractivity contribution in [2.75, 3.05) is 5.32 Å². The fraction of sp³-hybridized carbons (Fsp3) is 0.294. The second-order valence-electron chi connectivity index (χ2n) is 6.44. The summed E-state index contributed by atoms with van der Waals surface area (Å²) in [6, 6.07) is 3.78. The summed E-state index contributed by atoms with van der Waals surface area (Å²) in [6.07, 6.45) is -10.1. The van der Waals surface area contributed by atoms with Gasteiger partial charge in [0.2, 0.25) is 5.91 Å². The Morgan fingerprint density at radius 3 is 2.26 bits per heavy atom. The van der Waals surface area contributed by atoms with E-state index < -0.39 is 35.2 Å². The lowest BCUT2D eigenvalue weighted by Crippen LogP contribution is -2.41. The number of amides is 1. The highest BCUT2D eigenvalue weighted by Gasteiger charge is 2.61. The molecule has 0 aliphatic heterocycles. The van der Waals surface area contributed by atoms with Crippen LogP contribution in [0.1, 0.15) is 0 Å². The van der Waals surface area contributed by atoms with Crippen LogP contribution in [0.3, 0.4) is 0 Å². The molecule has 0 saturated heterocycles. The van der Waals surface area contributed by atoms with Crippen LogP contribution in [0.5, 0.6) is 5.75 Å². The van der Waals surface area contributed by atoms with E-state index in [0.29, 0.717) is 0 Å². The number of carbonyl (C=O) groups excluding carboxylic acids is 1. The largest absolute Gasteiger partial charge is 0.499 e. The SMILES string of the molecule is Cn1c(=O)c2c(ncn2CC(=O)Nc2ccc(OC(F)(F)C(F)(F)F)cc2)n(C)c1=O. The molecular weight excluding hydrogens is 433 g/mol. The first kappa shape index (κ1) is 22.0. The molecule has 2 heterocycles. The fourth-order valence-electron chi connectivity index (χ4n) is 2.68. The summed E-state index contributed by atoms with van der Waals surface area (Å²) < 4.78 is 69.2. The van der Waals surface area contributed by atoms with Gasteiger partial charge in [-0.15, -0.1) is 0 Å². The first-order chi connectivity index (χ1) is 14.3. The van der Waals surface area contributed by atoms with Crippen molar-refractivity contribution >= 4 is 22.8 Å². The van der Waals surface area contributed by atoms with Crippen molar-refractivity contribution < 1.29 is 31.5 Å². The number of nitrogens with zero attached hydrogens (tertiary/aromatic N) is 4. The van der Waals surface area contributed by atoms with Crippen LogP contribution in [0, 0.1) is 0 Å². The molecule has 31 heavy (non-hydrogen) atoms. The average molecular weight is 447 g/mol. The second-order valence-corrected chi connectivity index (χ2v) is 6.44. The standard InChI is InChI=1S/C17H14F5N5O4/c1-25-13-12(14(29)26(2)15(25)30)27(8-23-13)7-11(28)24-9-3-5-10(6-4-9)31-17(21,22)16(18,19)20/h3-6,8H,7H2,1-2H3,(H,24,28). The Hall–Kier alpha value is -3.71. The predicted octanol–water partition coefficient (Wildman–Crippen LogP) is 1.61. The number of nitrogens with one attached hydrogen (secondary N) is 1. The molecule has 1 amide bonds. The van der Waals surface area contributed by atoms with Gasteiger partial charge in [0.1, 0.15) is 12.3 Å². The maximum absolute atomic E-state index is 12.9. The van der Waals surface area contributed by atoms with E-state index in [1.807, 2.05) is 0 Å². The highest BCUT2D eigenvalue weighted by Crippen LogP contribution is 2.37. The van der Waals surface area contributed by atoms with Crippen LogP contribution < -0.4 is 21.3 Å². The van der Waals surface area contributed by atoms with Crippen molar-refractivity contribution in [3.05, 3.63) is 51.4 Å². The summed E-state index contributed by atoms with van der Waals surface area (Å²) >= 11 is 0. The van der Waals surface area contributed by atoms with Crippen LogP contribution >= 0.6 is 0 Å². The minimum atomic E-state index is -5.88. The van der Waals surface area contributed by atoms with Crippen molar-refractivity contribution in [3.63, 3.8) is 0 Å². The lowest BCUT2D eigenvalue weighted by molar-refractivity contribution is -0.360. The third-order valence-corrected chi connectivity index (χ3v) is 4.25. The first-order valence-electron chi connectivity index (χ1n) is 8.46. The number of carbonyl (C=O) groups is 1. The number of hydrogen-bond donors (Lipinski definition) is 1. The van der Waals surface area contributed by atoms with E-state index in [1.165, 1.54) is 25.0 Å². The number of aromatic nitrogens is 4. The zero-order valence-electron chi connectivity index (χ0n) is 15.9. The third kappa shape index (κ3) is 4.13. The Morgan fingerprint density at radius 2 is 1.68 bits per heavy atom. The number of ether oxygens (including phenoxy) is 1. The molecule has 0 fully saturated rings. The van der Waals surface area contributed by atoms with E-state index in [0.717, 1.165) is 33.4 Å². The molecule has 0 unspecified atom stereocenters. The lowest BCUT2D eigenvalue weighted by atomic mass is 10.3. The van der Waals surface area contributed by atoms with Gasteiger partial charge in [0.25, 0.3) is 5.56 Å². The van der Waals surface area contributed by atoms with Gasteiger partial charge in [-0.25, -0.2) is 9.78 Å². The molecule has 3 aromatic rings. The summed E-state index contributed by atoms with van der Waals surface area (Å²) in [5.41, 5.74) is -1.08. The minimum absolute atomic E-state index is 0.0119.